The van der Waals surface area contributed by atoms with Crippen molar-refractivity contribution in [3.8, 4) is 0 Å². The lowest BCUT2D eigenvalue weighted by Crippen LogP contribution is -2.07. The van der Waals surface area contributed by atoms with E-state index < -0.39 is 0 Å². The fourth-order valence-corrected chi connectivity index (χ4v) is 2.79. The molecule has 148 valence electrons. The van der Waals surface area contributed by atoms with Crippen LogP contribution in [0.15, 0.2) is 90.0 Å². The van der Waals surface area contributed by atoms with Crippen LogP contribution in [0.25, 0.3) is 0 Å². The van der Waals surface area contributed by atoms with Crippen LogP contribution in [0.5, 0.6) is 0 Å². The third kappa shape index (κ3) is 5.52. The fraction of sp³-hybridized carbons (Fsp3) is 0. The monoisotopic (exact) mass is 415 g/mol. The lowest BCUT2D eigenvalue weighted by molar-refractivity contribution is 1.04. The Labute approximate surface area is 178 Å². The number of hydrogen-bond acceptors (Lipinski definition) is 7. The van der Waals surface area contributed by atoms with E-state index in [2.05, 4.69) is 36.1 Å². The average molecular weight is 416 g/mol. The summed E-state index contributed by atoms with van der Waals surface area (Å²) in [6.45, 7) is 0. The van der Waals surface area contributed by atoms with Crippen molar-refractivity contribution < 1.29 is 0 Å². The molecule has 0 aliphatic heterocycles. The number of para-hydroxylation sites is 2. The summed E-state index contributed by atoms with van der Waals surface area (Å²) in [5.74, 6) is 1.06. The van der Waals surface area contributed by atoms with Gasteiger partial charge in [-0.3, -0.25) is 0 Å². The molecule has 0 bridgehead atoms. The van der Waals surface area contributed by atoms with E-state index in [1.165, 1.54) is 0 Å². The van der Waals surface area contributed by atoms with E-state index in [1.54, 1.807) is 12.3 Å². The third-order valence-corrected chi connectivity index (χ3v) is 4.16. The Balaban J connectivity index is 1.57. The molecule has 0 saturated heterocycles. The van der Waals surface area contributed by atoms with Gasteiger partial charge in [0.25, 0.3) is 0 Å². The largest absolute Gasteiger partial charge is 0.324 e. The van der Waals surface area contributed by atoms with Gasteiger partial charge in [-0.2, -0.15) is 20.1 Å². The Morgan fingerprint density at radius 2 is 1.23 bits per heavy atom. The van der Waals surface area contributed by atoms with Crippen LogP contribution in [-0.4, -0.2) is 21.2 Å². The highest BCUT2D eigenvalue weighted by molar-refractivity contribution is 6.30. The molecule has 0 fully saturated rings. The van der Waals surface area contributed by atoms with Gasteiger partial charge in [0.2, 0.25) is 17.8 Å². The van der Waals surface area contributed by atoms with E-state index >= 15 is 0 Å². The summed E-state index contributed by atoms with van der Waals surface area (Å²) in [6, 6.07) is 26.7. The highest BCUT2D eigenvalue weighted by Gasteiger charge is 2.07. The first kappa shape index (κ1) is 19.4. The van der Waals surface area contributed by atoms with E-state index in [4.69, 9.17) is 11.6 Å². The topological polar surface area (TPSA) is 87.1 Å². The number of hydrazone groups is 1. The Morgan fingerprint density at radius 1 is 0.667 bits per heavy atom. The summed E-state index contributed by atoms with van der Waals surface area (Å²) < 4.78 is 0. The van der Waals surface area contributed by atoms with Gasteiger partial charge in [0, 0.05) is 16.4 Å². The summed E-state index contributed by atoms with van der Waals surface area (Å²) in [5, 5.41) is 11.2. The molecule has 1 aromatic heterocycles. The minimum atomic E-state index is 0.292. The Hall–Kier alpha value is -3.97. The SMILES string of the molecule is Clc1cccc(/C=N/Nc2nc(Nc3ccccc3)nc(Nc3ccccc3)n2)c1. The first-order chi connectivity index (χ1) is 14.7. The van der Waals surface area contributed by atoms with Gasteiger partial charge < -0.3 is 10.6 Å². The van der Waals surface area contributed by atoms with Crippen molar-refractivity contribution in [2.24, 2.45) is 5.10 Å². The van der Waals surface area contributed by atoms with E-state index in [0.29, 0.717) is 22.9 Å². The maximum atomic E-state index is 6.00. The molecule has 8 heteroatoms. The predicted molar refractivity (Wildman–Crippen MR) is 122 cm³/mol. The highest BCUT2D eigenvalue weighted by atomic mass is 35.5. The standard InChI is InChI=1S/C22H18ClN7/c23-17-9-7-8-16(14-17)15-24-30-22-28-20(25-18-10-3-1-4-11-18)27-21(29-22)26-19-12-5-2-6-13-19/h1-15H,(H3,25,26,27,28,29,30)/b24-15+. The van der Waals surface area contributed by atoms with Crippen molar-refractivity contribution >= 4 is 47.0 Å². The number of halogens is 1. The Bertz CT molecular complexity index is 1070. The van der Waals surface area contributed by atoms with Crippen molar-refractivity contribution in [1.82, 2.24) is 15.0 Å². The Kier molecular flexibility index (Phi) is 6.12. The summed E-state index contributed by atoms with van der Waals surface area (Å²) >= 11 is 6.00. The zero-order chi connectivity index (χ0) is 20.6. The molecule has 0 aliphatic carbocycles. The number of nitrogens with one attached hydrogen (secondary N) is 3. The third-order valence-electron chi connectivity index (χ3n) is 3.92. The van der Waals surface area contributed by atoms with Crippen LogP contribution in [-0.2, 0) is 0 Å². The van der Waals surface area contributed by atoms with Crippen LogP contribution in [0.3, 0.4) is 0 Å². The van der Waals surface area contributed by atoms with E-state index in [1.807, 2.05) is 78.9 Å². The molecule has 4 aromatic rings. The number of benzene rings is 3. The summed E-state index contributed by atoms with van der Waals surface area (Å²) in [5.41, 5.74) is 5.43. The maximum Gasteiger partial charge on any atom is 0.250 e. The number of anilines is 5. The highest BCUT2D eigenvalue weighted by Crippen LogP contribution is 2.18. The molecule has 3 N–H and O–H groups in total. The van der Waals surface area contributed by atoms with Gasteiger partial charge in [-0.25, -0.2) is 5.43 Å². The smallest absolute Gasteiger partial charge is 0.250 e. The zero-order valence-corrected chi connectivity index (χ0v) is 16.6. The predicted octanol–water partition coefficient (Wildman–Crippen LogP) is 5.46. The number of aromatic nitrogens is 3. The van der Waals surface area contributed by atoms with Gasteiger partial charge in [0.1, 0.15) is 0 Å². The molecule has 30 heavy (non-hydrogen) atoms. The molecule has 4 rings (SSSR count). The number of hydrogen-bond donors (Lipinski definition) is 3. The molecule has 0 amide bonds. The second kappa shape index (κ2) is 9.49. The van der Waals surface area contributed by atoms with E-state index in [9.17, 15) is 0 Å². The molecule has 0 atom stereocenters. The second-order valence-corrected chi connectivity index (χ2v) is 6.65. The molecule has 0 unspecified atom stereocenters. The first-order valence-corrected chi connectivity index (χ1v) is 9.57. The summed E-state index contributed by atoms with van der Waals surface area (Å²) in [7, 11) is 0. The molecule has 0 aliphatic rings. The number of rotatable bonds is 7. The van der Waals surface area contributed by atoms with Crippen LogP contribution in [0.1, 0.15) is 5.56 Å². The van der Waals surface area contributed by atoms with E-state index in [-0.39, 0.29) is 0 Å². The Morgan fingerprint density at radius 3 is 1.80 bits per heavy atom. The van der Waals surface area contributed by atoms with Crippen molar-refractivity contribution in [2.75, 3.05) is 16.1 Å². The fourth-order valence-electron chi connectivity index (χ4n) is 2.59. The maximum absolute atomic E-state index is 6.00. The van der Waals surface area contributed by atoms with Crippen molar-refractivity contribution in [1.29, 1.82) is 0 Å². The van der Waals surface area contributed by atoms with Crippen LogP contribution >= 0.6 is 11.6 Å². The van der Waals surface area contributed by atoms with Crippen molar-refractivity contribution in [2.45, 2.75) is 0 Å². The van der Waals surface area contributed by atoms with Gasteiger partial charge >= 0.3 is 0 Å². The molecule has 0 radical (unpaired) electrons. The lowest BCUT2D eigenvalue weighted by atomic mass is 10.2. The van der Waals surface area contributed by atoms with Crippen LogP contribution in [0, 0.1) is 0 Å². The molecular formula is C22H18ClN7. The van der Waals surface area contributed by atoms with Gasteiger partial charge in [-0.1, -0.05) is 60.1 Å². The molecule has 0 spiro atoms. The van der Waals surface area contributed by atoms with Crippen LogP contribution in [0.2, 0.25) is 5.02 Å². The quantitative estimate of drug-likeness (QED) is 0.274. The van der Waals surface area contributed by atoms with Crippen LogP contribution in [0.4, 0.5) is 29.2 Å². The van der Waals surface area contributed by atoms with E-state index in [0.717, 1.165) is 16.9 Å². The second-order valence-electron chi connectivity index (χ2n) is 6.21. The van der Waals surface area contributed by atoms with Gasteiger partial charge in [-0.15, -0.1) is 0 Å². The van der Waals surface area contributed by atoms with Gasteiger partial charge in [-0.05, 0) is 42.0 Å². The lowest BCUT2D eigenvalue weighted by Gasteiger charge is -2.10. The molecular weight excluding hydrogens is 398 g/mol. The molecule has 3 aromatic carbocycles. The first-order valence-electron chi connectivity index (χ1n) is 9.19. The average Bonchev–Trinajstić information content (AvgIpc) is 2.75. The summed E-state index contributed by atoms with van der Waals surface area (Å²) in [4.78, 5) is 13.2. The summed E-state index contributed by atoms with van der Waals surface area (Å²) in [6.07, 6.45) is 1.64. The molecule has 7 nitrogen and oxygen atoms in total. The van der Waals surface area contributed by atoms with Crippen molar-refractivity contribution in [3.63, 3.8) is 0 Å². The minimum absolute atomic E-state index is 0.292. The minimum Gasteiger partial charge on any atom is -0.324 e. The molecule has 1 heterocycles. The number of nitrogens with zero attached hydrogens (tertiary/aromatic N) is 4. The van der Waals surface area contributed by atoms with Gasteiger partial charge in [0.05, 0.1) is 6.21 Å². The normalized spacial score (nSPS) is 10.7. The molecule has 0 saturated carbocycles. The van der Waals surface area contributed by atoms with Gasteiger partial charge in [0.15, 0.2) is 0 Å². The van der Waals surface area contributed by atoms with Crippen LogP contribution < -0.4 is 16.1 Å². The zero-order valence-electron chi connectivity index (χ0n) is 15.8. The van der Waals surface area contributed by atoms with Crippen molar-refractivity contribution in [3.05, 3.63) is 95.5 Å².